The molecule has 0 aromatic heterocycles. The van der Waals surface area contributed by atoms with E-state index in [2.05, 4.69) is 10.6 Å². The van der Waals surface area contributed by atoms with Crippen LogP contribution in [-0.4, -0.2) is 18.0 Å². The number of benzene rings is 1. The van der Waals surface area contributed by atoms with E-state index >= 15 is 0 Å². The molecule has 4 aliphatic carbocycles. The van der Waals surface area contributed by atoms with Crippen molar-refractivity contribution in [3.8, 4) is 0 Å². The molecule has 1 aromatic carbocycles. The Hall–Kier alpha value is -1.72. The van der Waals surface area contributed by atoms with Crippen molar-refractivity contribution >= 4 is 11.6 Å². The third-order valence-corrected chi connectivity index (χ3v) is 6.11. The largest absolute Gasteiger partial charge is 0.416 e. The van der Waals surface area contributed by atoms with Gasteiger partial charge in [-0.1, -0.05) is 0 Å². The number of carbonyl (C=O) groups is 1. The maximum atomic E-state index is 12.6. The first-order valence-corrected chi connectivity index (χ1v) is 9.03. The molecule has 5 rings (SSSR count). The number of anilines is 1. The number of carbonyl (C=O) groups excluding carboxylic acids is 1. The van der Waals surface area contributed by atoms with Crippen LogP contribution in [0, 0.1) is 17.8 Å². The van der Waals surface area contributed by atoms with Crippen molar-refractivity contribution < 1.29 is 18.0 Å². The minimum atomic E-state index is -4.34. The summed E-state index contributed by atoms with van der Waals surface area (Å²) in [7, 11) is 0. The molecule has 0 atom stereocenters. The SMILES string of the molecule is O=C(CNc1ccc(C(F)(F)F)cc1)NC12CC3CC(CC(C3)C1)C2. The molecular weight excluding hydrogens is 329 g/mol. The average Bonchev–Trinajstić information content (AvgIpc) is 2.50. The highest BCUT2D eigenvalue weighted by Gasteiger charge is 2.51. The van der Waals surface area contributed by atoms with E-state index in [0.29, 0.717) is 5.69 Å². The molecule has 4 bridgehead atoms. The zero-order valence-corrected chi connectivity index (χ0v) is 14.0. The van der Waals surface area contributed by atoms with Gasteiger partial charge in [-0.2, -0.15) is 13.2 Å². The smallest absolute Gasteiger partial charge is 0.376 e. The Kier molecular flexibility index (Phi) is 3.96. The number of rotatable bonds is 4. The first kappa shape index (κ1) is 16.7. The second kappa shape index (κ2) is 5.92. The van der Waals surface area contributed by atoms with E-state index < -0.39 is 11.7 Å². The van der Waals surface area contributed by atoms with Gasteiger partial charge < -0.3 is 10.6 Å². The van der Waals surface area contributed by atoms with Gasteiger partial charge in [-0.3, -0.25) is 4.79 Å². The number of hydrogen-bond donors (Lipinski definition) is 2. The Morgan fingerprint density at radius 3 is 2.00 bits per heavy atom. The van der Waals surface area contributed by atoms with Crippen molar-refractivity contribution in [2.45, 2.75) is 50.2 Å². The van der Waals surface area contributed by atoms with Crippen LogP contribution in [0.15, 0.2) is 24.3 Å². The van der Waals surface area contributed by atoms with Gasteiger partial charge in [-0.05, 0) is 80.5 Å². The number of hydrogen-bond acceptors (Lipinski definition) is 2. The van der Waals surface area contributed by atoms with Gasteiger partial charge in [0.1, 0.15) is 0 Å². The van der Waals surface area contributed by atoms with E-state index in [0.717, 1.165) is 49.1 Å². The normalized spacial score (nSPS) is 33.3. The van der Waals surface area contributed by atoms with Crippen molar-refractivity contribution in [2.24, 2.45) is 17.8 Å². The molecule has 0 saturated heterocycles. The summed E-state index contributed by atoms with van der Waals surface area (Å²) < 4.78 is 37.7. The Morgan fingerprint density at radius 2 is 1.52 bits per heavy atom. The van der Waals surface area contributed by atoms with Crippen LogP contribution in [0.5, 0.6) is 0 Å². The van der Waals surface area contributed by atoms with Gasteiger partial charge in [0.2, 0.25) is 5.91 Å². The highest BCUT2D eigenvalue weighted by molar-refractivity contribution is 5.81. The fraction of sp³-hybridized carbons (Fsp3) is 0.632. The van der Waals surface area contributed by atoms with Crippen LogP contribution in [-0.2, 0) is 11.0 Å². The molecule has 4 fully saturated rings. The lowest BCUT2D eigenvalue weighted by Crippen LogP contribution is -2.60. The highest BCUT2D eigenvalue weighted by Crippen LogP contribution is 2.55. The van der Waals surface area contributed by atoms with Crippen LogP contribution in [0.3, 0.4) is 0 Å². The summed E-state index contributed by atoms with van der Waals surface area (Å²) in [6, 6.07) is 4.78. The van der Waals surface area contributed by atoms with Crippen LogP contribution >= 0.6 is 0 Å². The van der Waals surface area contributed by atoms with E-state index in [9.17, 15) is 18.0 Å². The molecule has 4 saturated carbocycles. The van der Waals surface area contributed by atoms with Crippen molar-refractivity contribution in [2.75, 3.05) is 11.9 Å². The molecule has 1 amide bonds. The van der Waals surface area contributed by atoms with Crippen LogP contribution < -0.4 is 10.6 Å². The summed E-state index contributed by atoms with van der Waals surface area (Å²) in [4.78, 5) is 12.4. The van der Waals surface area contributed by atoms with Crippen LogP contribution in [0.1, 0.15) is 44.1 Å². The van der Waals surface area contributed by atoms with Gasteiger partial charge in [-0.15, -0.1) is 0 Å². The Bertz CT molecular complexity index is 618. The Labute approximate surface area is 145 Å². The molecular formula is C19H23F3N2O. The minimum absolute atomic E-state index is 0.0341. The molecule has 0 aliphatic heterocycles. The van der Waals surface area contributed by atoms with Gasteiger partial charge in [0.05, 0.1) is 12.1 Å². The van der Waals surface area contributed by atoms with Crippen molar-refractivity contribution in [3.63, 3.8) is 0 Å². The van der Waals surface area contributed by atoms with E-state index in [1.807, 2.05) is 0 Å². The lowest BCUT2D eigenvalue weighted by Gasteiger charge is -2.56. The fourth-order valence-corrected chi connectivity index (χ4v) is 5.56. The van der Waals surface area contributed by atoms with Gasteiger partial charge in [-0.25, -0.2) is 0 Å². The Morgan fingerprint density at radius 1 is 1.00 bits per heavy atom. The quantitative estimate of drug-likeness (QED) is 0.853. The number of amides is 1. The monoisotopic (exact) mass is 352 g/mol. The maximum absolute atomic E-state index is 12.6. The first-order chi connectivity index (χ1) is 11.8. The second-order valence-corrected chi connectivity index (χ2v) is 8.17. The zero-order chi connectivity index (χ0) is 17.7. The third kappa shape index (κ3) is 3.48. The lowest BCUT2D eigenvalue weighted by atomic mass is 9.53. The van der Waals surface area contributed by atoms with E-state index in [-0.39, 0.29) is 18.0 Å². The highest BCUT2D eigenvalue weighted by atomic mass is 19.4. The van der Waals surface area contributed by atoms with Gasteiger partial charge in [0, 0.05) is 11.2 Å². The molecule has 0 radical (unpaired) electrons. The van der Waals surface area contributed by atoms with Gasteiger partial charge in [0.15, 0.2) is 0 Å². The van der Waals surface area contributed by atoms with E-state index in [1.165, 1.54) is 31.4 Å². The summed E-state index contributed by atoms with van der Waals surface area (Å²) in [6.07, 6.45) is 2.88. The first-order valence-electron chi connectivity index (χ1n) is 9.03. The van der Waals surface area contributed by atoms with E-state index in [1.54, 1.807) is 0 Å². The molecule has 0 unspecified atom stereocenters. The van der Waals surface area contributed by atoms with Crippen molar-refractivity contribution in [1.82, 2.24) is 5.32 Å². The molecule has 25 heavy (non-hydrogen) atoms. The standard InChI is InChI=1S/C19H23F3N2O/c20-19(21,22)15-1-3-16(4-2-15)23-11-17(25)24-18-8-12-5-13(9-18)7-14(6-12)10-18/h1-4,12-14,23H,5-11H2,(H,24,25). The predicted molar refractivity (Wildman–Crippen MR) is 89.0 cm³/mol. The summed E-state index contributed by atoms with van der Waals surface area (Å²) in [5.41, 5.74) is -0.196. The summed E-state index contributed by atoms with van der Waals surface area (Å²) in [5, 5.41) is 6.18. The molecule has 1 aromatic rings. The van der Waals surface area contributed by atoms with Gasteiger partial charge >= 0.3 is 6.18 Å². The van der Waals surface area contributed by atoms with E-state index in [4.69, 9.17) is 0 Å². The third-order valence-electron chi connectivity index (χ3n) is 6.11. The zero-order valence-electron chi connectivity index (χ0n) is 14.0. The molecule has 0 spiro atoms. The van der Waals surface area contributed by atoms with Crippen LogP contribution in [0.2, 0.25) is 0 Å². The molecule has 136 valence electrons. The predicted octanol–water partition coefficient (Wildman–Crippen LogP) is 4.20. The lowest BCUT2D eigenvalue weighted by molar-refractivity contribution is -0.137. The number of halogens is 3. The summed E-state index contributed by atoms with van der Waals surface area (Å²) >= 11 is 0. The molecule has 3 nitrogen and oxygen atoms in total. The van der Waals surface area contributed by atoms with Gasteiger partial charge in [0.25, 0.3) is 0 Å². The maximum Gasteiger partial charge on any atom is 0.416 e. The van der Waals surface area contributed by atoms with Crippen molar-refractivity contribution in [3.05, 3.63) is 29.8 Å². The van der Waals surface area contributed by atoms with Crippen LogP contribution in [0.25, 0.3) is 0 Å². The topological polar surface area (TPSA) is 41.1 Å². The molecule has 0 heterocycles. The number of nitrogens with one attached hydrogen (secondary N) is 2. The molecule has 4 aliphatic rings. The molecule has 6 heteroatoms. The van der Waals surface area contributed by atoms with Crippen molar-refractivity contribution in [1.29, 1.82) is 0 Å². The minimum Gasteiger partial charge on any atom is -0.376 e. The summed E-state index contributed by atoms with van der Waals surface area (Å²) in [5.74, 6) is 2.21. The second-order valence-electron chi connectivity index (χ2n) is 8.17. The Balaban J connectivity index is 1.32. The average molecular weight is 352 g/mol. The fourth-order valence-electron chi connectivity index (χ4n) is 5.56. The number of alkyl halides is 3. The summed E-state index contributed by atoms with van der Waals surface area (Å²) in [6.45, 7) is 0.0904. The van der Waals surface area contributed by atoms with Crippen LogP contribution in [0.4, 0.5) is 18.9 Å². The molecule has 2 N–H and O–H groups in total.